The topological polar surface area (TPSA) is 106 Å². The van der Waals surface area contributed by atoms with Crippen LogP contribution in [0.3, 0.4) is 0 Å². The molecule has 2 rings (SSSR count). The maximum Gasteiger partial charge on any atom is 0.271 e. The van der Waals surface area contributed by atoms with Gasteiger partial charge < -0.3 is 14.8 Å². The van der Waals surface area contributed by atoms with Gasteiger partial charge in [0.15, 0.2) is 0 Å². The minimum absolute atomic E-state index is 0.0766. The third-order valence-electron chi connectivity index (χ3n) is 2.82. The molecule has 2 aromatic rings. The largest absolute Gasteiger partial charge is 0.447 e. The fourth-order valence-corrected chi connectivity index (χ4v) is 2.28. The lowest BCUT2D eigenvalue weighted by Gasteiger charge is -2.15. The number of furan rings is 1. The van der Waals surface area contributed by atoms with Crippen molar-refractivity contribution < 1.29 is 17.9 Å². The lowest BCUT2D eigenvalue weighted by molar-refractivity contribution is 0.239. The number of rotatable bonds is 6. The second kappa shape index (κ2) is 6.19. The van der Waals surface area contributed by atoms with Gasteiger partial charge in [-0.05, 0) is 17.7 Å². The Bertz CT molecular complexity index is 652. The number of hydrogen-bond acceptors (Lipinski definition) is 5. The van der Waals surface area contributed by atoms with E-state index in [2.05, 4.69) is 5.32 Å². The second-order valence-corrected chi connectivity index (χ2v) is 5.78. The van der Waals surface area contributed by atoms with Gasteiger partial charge in [0, 0.05) is 0 Å². The third kappa shape index (κ3) is 3.67. The molecule has 0 unspecified atom stereocenters. The normalized spacial score (nSPS) is 13.3. The molecule has 6 nitrogen and oxygen atoms in total. The molecule has 108 valence electrons. The first kappa shape index (κ1) is 14.7. The minimum atomic E-state index is -3.82. The van der Waals surface area contributed by atoms with Crippen molar-refractivity contribution in [3.8, 4) is 0 Å². The first-order valence-electron chi connectivity index (χ1n) is 6.01. The van der Waals surface area contributed by atoms with Crippen LogP contribution < -0.4 is 10.5 Å². The van der Waals surface area contributed by atoms with Gasteiger partial charge in [0.05, 0.1) is 19.2 Å². The maximum atomic E-state index is 11.1. The van der Waals surface area contributed by atoms with E-state index in [1.807, 2.05) is 30.3 Å². The van der Waals surface area contributed by atoms with Crippen molar-refractivity contribution in [3.05, 3.63) is 53.8 Å². The standard InChI is InChI=1S/C13H16N2O4S/c14-20(17,18)13-7-6-11(19-13)8-15-12(9-16)10-4-2-1-3-5-10/h1-7,12,15-16H,8-9H2,(H2,14,17,18)/t12-/m1/s1. The zero-order chi connectivity index (χ0) is 14.6. The van der Waals surface area contributed by atoms with E-state index >= 15 is 0 Å². The molecule has 0 saturated heterocycles. The summed E-state index contributed by atoms with van der Waals surface area (Å²) in [6.07, 6.45) is 0. The number of aliphatic hydroxyl groups is 1. The highest BCUT2D eigenvalue weighted by Gasteiger charge is 2.14. The van der Waals surface area contributed by atoms with Crippen LogP contribution in [0.15, 0.2) is 52.0 Å². The zero-order valence-electron chi connectivity index (χ0n) is 10.7. The highest BCUT2D eigenvalue weighted by atomic mass is 32.2. The molecule has 7 heteroatoms. The average molecular weight is 296 g/mol. The van der Waals surface area contributed by atoms with Crippen molar-refractivity contribution in [2.75, 3.05) is 6.61 Å². The molecule has 0 aliphatic rings. The number of aliphatic hydroxyl groups excluding tert-OH is 1. The van der Waals surface area contributed by atoms with E-state index in [1.165, 1.54) is 12.1 Å². The van der Waals surface area contributed by atoms with E-state index in [9.17, 15) is 13.5 Å². The summed E-state index contributed by atoms with van der Waals surface area (Å²) in [4.78, 5) is 0. The Morgan fingerprint density at radius 2 is 1.90 bits per heavy atom. The van der Waals surface area contributed by atoms with Gasteiger partial charge in [-0.1, -0.05) is 30.3 Å². The summed E-state index contributed by atoms with van der Waals surface area (Å²) in [5.74, 6) is 0.434. The third-order valence-corrected chi connectivity index (χ3v) is 3.60. The SMILES string of the molecule is NS(=O)(=O)c1ccc(CN[C@H](CO)c2ccccc2)o1. The lowest BCUT2D eigenvalue weighted by atomic mass is 10.1. The molecule has 0 bridgehead atoms. The molecule has 4 N–H and O–H groups in total. The fraction of sp³-hybridized carbons (Fsp3) is 0.231. The van der Waals surface area contributed by atoms with Crippen molar-refractivity contribution in [2.24, 2.45) is 5.14 Å². The van der Waals surface area contributed by atoms with Gasteiger partial charge in [-0.2, -0.15) is 0 Å². The van der Waals surface area contributed by atoms with Crippen LogP contribution in [0.1, 0.15) is 17.4 Å². The summed E-state index contributed by atoms with van der Waals surface area (Å²) >= 11 is 0. The number of nitrogens with one attached hydrogen (secondary N) is 1. The molecule has 0 saturated carbocycles. The molecular weight excluding hydrogens is 280 g/mol. The molecule has 0 aliphatic carbocycles. The molecule has 0 aliphatic heterocycles. The fourth-order valence-electron chi connectivity index (χ4n) is 1.80. The first-order valence-corrected chi connectivity index (χ1v) is 7.56. The summed E-state index contributed by atoms with van der Waals surface area (Å²) in [5, 5.41) is 17.2. The van der Waals surface area contributed by atoms with E-state index in [0.29, 0.717) is 5.76 Å². The molecule has 1 aromatic heterocycles. The summed E-state index contributed by atoms with van der Waals surface area (Å²) in [6.45, 7) is 0.211. The van der Waals surface area contributed by atoms with Crippen LogP contribution in [-0.2, 0) is 16.6 Å². The second-order valence-electron chi connectivity index (χ2n) is 4.29. The Hall–Kier alpha value is -1.67. The zero-order valence-corrected chi connectivity index (χ0v) is 11.5. The van der Waals surface area contributed by atoms with Crippen LogP contribution in [0, 0.1) is 0 Å². The van der Waals surface area contributed by atoms with Crippen molar-refractivity contribution in [1.82, 2.24) is 5.32 Å². The van der Waals surface area contributed by atoms with Gasteiger partial charge >= 0.3 is 0 Å². The number of hydrogen-bond donors (Lipinski definition) is 3. The predicted molar refractivity (Wildman–Crippen MR) is 73.2 cm³/mol. The summed E-state index contributed by atoms with van der Waals surface area (Å²) in [6, 6.07) is 12.0. The Morgan fingerprint density at radius 3 is 2.45 bits per heavy atom. The monoisotopic (exact) mass is 296 g/mol. The van der Waals surface area contributed by atoms with E-state index in [-0.39, 0.29) is 24.3 Å². The van der Waals surface area contributed by atoms with Crippen molar-refractivity contribution in [1.29, 1.82) is 0 Å². The number of primary sulfonamides is 1. The first-order chi connectivity index (χ1) is 9.50. The predicted octanol–water partition coefficient (Wildman–Crippen LogP) is 0.750. The summed E-state index contributed by atoms with van der Waals surface area (Å²) < 4.78 is 27.3. The molecule has 1 atom stereocenters. The quantitative estimate of drug-likeness (QED) is 0.729. The Kier molecular flexibility index (Phi) is 4.56. The van der Waals surface area contributed by atoms with Gasteiger partial charge in [0.25, 0.3) is 10.0 Å². The molecule has 0 radical (unpaired) electrons. The van der Waals surface area contributed by atoms with Crippen LogP contribution in [0.4, 0.5) is 0 Å². The summed E-state index contributed by atoms with van der Waals surface area (Å²) in [7, 11) is -3.82. The Balaban J connectivity index is 2.02. The molecule has 0 spiro atoms. The van der Waals surface area contributed by atoms with Gasteiger partial charge in [-0.25, -0.2) is 13.6 Å². The lowest BCUT2D eigenvalue weighted by Crippen LogP contribution is -2.23. The van der Waals surface area contributed by atoms with Crippen LogP contribution in [0.2, 0.25) is 0 Å². The molecule has 1 heterocycles. The Morgan fingerprint density at radius 1 is 1.20 bits per heavy atom. The highest BCUT2D eigenvalue weighted by Crippen LogP contribution is 2.15. The maximum absolute atomic E-state index is 11.1. The molecule has 1 aromatic carbocycles. The van der Waals surface area contributed by atoms with Crippen molar-refractivity contribution in [3.63, 3.8) is 0 Å². The molecular formula is C13H16N2O4S. The smallest absolute Gasteiger partial charge is 0.271 e. The van der Waals surface area contributed by atoms with Gasteiger partial charge in [0.2, 0.25) is 5.09 Å². The number of nitrogens with two attached hydrogens (primary N) is 1. The van der Waals surface area contributed by atoms with E-state index in [0.717, 1.165) is 5.56 Å². The number of benzene rings is 1. The number of sulfonamides is 1. The van der Waals surface area contributed by atoms with Crippen LogP contribution in [0.25, 0.3) is 0 Å². The highest BCUT2D eigenvalue weighted by molar-refractivity contribution is 7.89. The molecule has 20 heavy (non-hydrogen) atoms. The van der Waals surface area contributed by atoms with Crippen LogP contribution in [-0.4, -0.2) is 20.1 Å². The Labute approximate surface area is 117 Å². The molecule has 0 amide bonds. The average Bonchev–Trinajstić information content (AvgIpc) is 2.89. The van der Waals surface area contributed by atoms with Crippen LogP contribution >= 0.6 is 0 Å². The van der Waals surface area contributed by atoms with Crippen molar-refractivity contribution >= 4 is 10.0 Å². The van der Waals surface area contributed by atoms with Gasteiger partial charge in [-0.3, -0.25) is 0 Å². The molecule has 0 fully saturated rings. The minimum Gasteiger partial charge on any atom is -0.447 e. The van der Waals surface area contributed by atoms with E-state index in [1.54, 1.807) is 0 Å². The van der Waals surface area contributed by atoms with Gasteiger partial charge in [-0.15, -0.1) is 0 Å². The summed E-state index contributed by atoms with van der Waals surface area (Å²) in [5.41, 5.74) is 0.938. The van der Waals surface area contributed by atoms with Crippen molar-refractivity contribution in [2.45, 2.75) is 17.7 Å². The van der Waals surface area contributed by atoms with Crippen LogP contribution in [0.5, 0.6) is 0 Å². The van der Waals surface area contributed by atoms with E-state index in [4.69, 9.17) is 9.56 Å². The van der Waals surface area contributed by atoms with E-state index < -0.39 is 10.0 Å². The van der Waals surface area contributed by atoms with Gasteiger partial charge in [0.1, 0.15) is 5.76 Å².